The van der Waals surface area contributed by atoms with Gasteiger partial charge in [0.05, 0.1) is 0 Å². The minimum Gasteiger partial charge on any atom is -0.359 e. The van der Waals surface area contributed by atoms with Gasteiger partial charge in [0, 0.05) is 17.8 Å². The van der Waals surface area contributed by atoms with Gasteiger partial charge in [0.15, 0.2) is 5.17 Å². The standard InChI is InChI=1S/C12H22N2S/c1-10(2)8-13-11-14-12(9-15-11)6-4-3-5-7-12/h10H,3-9H2,1-2H3,(H,13,14). The molecule has 2 nitrogen and oxygen atoms in total. The van der Waals surface area contributed by atoms with E-state index < -0.39 is 0 Å². The Morgan fingerprint density at radius 1 is 1.33 bits per heavy atom. The van der Waals surface area contributed by atoms with Crippen LogP contribution in [0.1, 0.15) is 46.0 Å². The molecular formula is C12H22N2S. The van der Waals surface area contributed by atoms with Crippen molar-refractivity contribution < 1.29 is 0 Å². The molecule has 1 saturated carbocycles. The molecule has 2 fully saturated rings. The molecule has 0 bridgehead atoms. The topological polar surface area (TPSA) is 24.4 Å². The van der Waals surface area contributed by atoms with Crippen molar-refractivity contribution in [3.05, 3.63) is 0 Å². The Bertz CT molecular complexity index is 242. The van der Waals surface area contributed by atoms with Crippen LogP contribution in [0.5, 0.6) is 0 Å². The quantitative estimate of drug-likeness (QED) is 0.782. The first-order chi connectivity index (χ1) is 7.20. The van der Waals surface area contributed by atoms with Crippen molar-refractivity contribution in [1.29, 1.82) is 0 Å². The van der Waals surface area contributed by atoms with Gasteiger partial charge in [-0.05, 0) is 18.8 Å². The van der Waals surface area contributed by atoms with Crippen LogP contribution in [0.15, 0.2) is 4.99 Å². The predicted molar refractivity (Wildman–Crippen MR) is 68.5 cm³/mol. The van der Waals surface area contributed by atoms with Crippen LogP contribution in [0.25, 0.3) is 0 Å². The van der Waals surface area contributed by atoms with E-state index in [4.69, 9.17) is 0 Å². The van der Waals surface area contributed by atoms with E-state index in [0.717, 1.165) is 6.54 Å². The first kappa shape index (κ1) is 11.3. The maximum atomic E-state index is 4.64. The summed E-state index contributed by atoms with van der Waals surface area (Å²) < 4.78 is 0. The van der Waals surface area contributed by atoms with E-state index in [9.17, 15) is 0 Å². The normalized spacial score (nSPS) is 27.5. The van der Waals surface area contributed by atoms with Crippen molar-refractivity contribution in [3.63, 3.8) is 0 Å². The summed E-state index contributed by atoms with van der Waals surface area (Å²) >= 11 is 1.93. The number of amidine groups is 1. The Kier molecular flexibility index (Phi) is 3.60. The fourth-order valence-electron chi connectivity index (χ4n) is 2.35. The Hall–Kier alpha value is -0.180. The Morgan fingerprint density at radius 2 is 2.07 bits per heavy atom. The van der Waals surface area contributed by atoms with E-state index >= 15 is 0 Å². The zero-order chi connectivity index (χ0) is 10.7. The zero-order valence-electron chi connectivity index (χ0n) is 9.88. The van der Waals surface area contributed by atoms with Crippen molar-refractivity contribution in [3.8, 4) is 0 Å². The van der Waals surface area contributed by atoms with Crippen LogP contribution in [0, 0.1) is 5.92 Å². The number of hydrogen-bond acceptors (Lipinski definition) is 2. The van der Waals surface area contributed by atoms with Crippen LogP contribution in [0.3, 0.4) is 0 Å². The third kappa shape index (κ3) is 2.90. The highest BCUT2D eigenvalue weighted by molar-refractivity contribution is 8.14. The lowest BCUT2D eigenvalue weighted by atomic mass is 9.83. The van der Waals surface area contributed by atoms with E-state index in [-0.39, 0.29) is 0 Å². The molecule has 2 aliphatic rings. The summed E-state index contributed by atoms with van der Waals surface area (Å²) in [4.78, 5) is 4.64. The number of nitrogens with one attached hydrogen (secondary N) is 1. The second kappa shape index (κ2) is 4.77. The molecule has 86 valence electrons. The molecule has 0 radical (unpaired) electrons. The van der Waals surface area contributed by atoms with Crippen LogP contribution in [-0.2, 0) is 0 Å². The van der Waals surface area contributed by atoms with Gasteiger partial charge in [-0.15, -0.1) is 0 Å². The van der Waals surface area contributed by atoms with Crippen LogP contribution in [-0.4, -0.2) is 23.0 Å². The summed E-state index contributed by atoms with van der Waals surface area (Å²) in [5.41, 5.74) is 0.415. The number of hydrogen-bond donors (Lipinski definition) is 1. The lowest BCUT2D eigenvalue weighted by molar-refractivity contribution is 0.303. The second-order valence-corrected chi connectivity index (χ2v) is 6.26. The van der Waals surface area contributed by atoms with Gasteiger partial charge >= 0.3 is 0 Å². The van der Waals surface area contributed by atoms with Gasteiger partial charge in [-0.25, -0.2) is 0 Å². The molecule has 0 atom stereocenters. The van der Waals surface area contributed by atoms with Crippen molar-refractivity contribution in [1.82, 2.24) is 5.32 Å². The summed E-state index contributed by atoms with van der Waals surface area (Å²) in [5.74, 6) is 1.91. The molecular weight excluding hydrogens is 204 g/mol. The second-order valence-electron chi connectivity index (χ2n) is 5.29. The SMILES string of the molecule is CC(C)CN=C1NC2(CCCCC2)CS1. The van der Waals surface area contributed by atoms with Crippen molar-refractivity contribution in [2.75, 3.05) is 12.3 Å². The highest BCUT2D eigenvalue weighted by atomic mass is 32.2. The fraction of sp³-hybridized carbons (Fsp3) is 0.917. The van der Waals surface area contributed by atoms with Crippen molar-refractivity contribution in [2.45, 2.75) is 51.5 Å². The molecule has 2 rings (SSSR count). The monoisotopic (exact) mass is 226 g/mol. The van der Waals surface area contributed by atoms with Crippen LogP contribution >= 0.6 is 11.8 Å². The Morgan fingerprint density at radius 3 is 2.73 bits per heavy atom. The molecule has 0 amide bonds. The average Bonchev–Trinajstić information content (AvgIpc) is 2.60. The summed E-state index contributed by atoms with van der Waals surface area (Å²) in [6, 6.07) is 0. The smallest absolute Gasteiger partial charge is 0.157 e. The van der Waals surface area contributed by atoms with Crippen LogP contribution < -0.4 is 5.32 Å². The number of rotatable bonds is 2. The molecule has 0 aromatic carbocycles. The molecule has 0 aromatic heterocycles. The van der Waals surface area contributed by atoms with E-state index in [1.807, 2.05) is 11.8 Å². The van der Waals surface area contributed by atoms with Gasteiger partial charge in [0.1, 0.15) is 0 Å². The molecule has 0 aromatic rings. The molecule has 0 unspecified atom stereocenters. The fourth-order valence-corrected chi connectivity index (χ4v) is 3.58. The molecule has 1 aliphatic carbocycles. The summed E-state index contributed by atoms with van der Waals surface area (Å²) in [6.45, 7) is 5.41. The molecule has 15 heavy (non-hydrogen) atoms. The largest absolute Gasteiger partial charge is 0.359 e. The first-order valence-corrected chi connectivity index (χ1v) is 7.14. The minimum absolute atomic E-state index is 0.415. The van der Waals surface area contributed by atoms with Crippen LogP contribution in [0.4, 0.5) is 0 Å². The molecule has 3 heteroatoms. The van der Waals surface area contributed by atoms with Gasteiger partial charge in [0.2, 0.25) is 0 Å². The molecule has 1 heterocycles. The van der Waals surface area contributed by atoms with Gasteiger partial charge in [-0.2, -0.15) is 0 Å². The maximum Gasteiger partial charge on any atom is 0.157 e. The van der Waals surface area contributed by atoms with Crippen LogP contribution in [0.2, 0.25) is 0 Å². The summed E-state index contributed by atoms with van der Waals surface area (Å²) in [5, 5.41) is 4.87. The van der Waals surface area contributed by atoms with E-state index in [0.29, 0.717) is 11.5 Å². The van der Waals surface area contributed by atoms with Crippen molar-refractivity contribution in [2.24, 2.45) is 10.9 Å². The number of aliphatic imine (C=N–C) groups is 1. The zero-order valence-corrected chi connectivity index (χ0v) is 10.7. The van der Waals surface area contributed by atoms with Gasteiger partial charge in [-0.1, -0.05) is 44.9 Å². The molecule has 1 aliphatic heterocycles. The van der Waals surface area contributed by atoms with Gasteiger partial charge in [-0.3, -0.25) is 4.99 Å². The summed E-state index contributed by atoms with van der Waals surface area (Å²) in [7, 11) is 0. The van der Waals surface area contributed by atoms with Gasteiger partial charge < -0.3 is 5.32 Å². The average molecular weight is 226 g/mol. The summed E-state index contributed by atoms with van der Waals surface area (Å²) in [6.07, 6.45) is 6.91. The van der Waals surface area contributed by atoms with E-state index in [2.05, 4.69) is 24.2 Å². The predicted octanol–water partition coefficient (Wildman–Crippen LogP) is 3.04. The first-order valence-electron chi connectivity index (χ1n) is 6.16. The lowest BCUT2D eigenvalue weighted by Crippen LogP contribution is -2.45. The lowest BCUT2D eigenvalue weighted by Gasteiger charge is -2.32. The van der Waals surface area contributed by atoms with Crippen molar-refractivity contribution >= 4 is 16.9 Å². The molecule has 1 saturated heterocycles. The third-order valence-corrected chi connectivity index (χ3v) is 4.47. The highest BCUT2D eigenvalue weighted by Crippen LogP contribution is 2.36. The molecule has 1 N–H and O–H groups in total. The molecule has 1 spiro atoms. The number of nitrogens with zero attached hydrogens (tertiary/aromatic N) is 1. The van der Waals surface area contributed by atoms with Gasteiger partial charge in [0.25, 0.3) is 0 Å². The minimum atomic E-state index is 0.415. The third-order valence-electron chi connectivity index (χ3n) is 3.27. The highest BCUT2D eigenvalue weighted by Gasteiger charge is 2.37. The van der Waals surface area contributed by atoms with E-state index in [1.54, 1.807) is 0 Å². The Labute approximate surface area is 97.3 Å². The number of thioether (sulfide) groups is 1. The maximum absolute atomic E-state index is 4.64. The Balaban J connectivity index is 1.90. The van der Waals surface area contributed by atoms with E-state index in [1.165, 1.54) is 43.0 Å².